The minimum absolute atomic E-state index is 0.0840. The molecular formula is C9H7ClFNOS. The van der Waals surface area contributed by atoms with Gasteiger partial charge in [-0.25, -0.2) is 4.39 Å². The molecule has 1 N–H and O–H groups in total. The number of nitrogens with one attached hydrogen (secondary N) is 1. The molecule has 1 unspecified atom stereocenters. The summed E-state index contributed by atoms with van der Waals surface area (Å²) in [4.78, 5) is 11.0. The van der Waals surface area contributed by atoms with Gasteiger partial charge in [0, 0.05) is 10.6 Å². The Hall–Kier alpha value is -0.740. The fourth-order valence-electron chi connectivity index (χ4n) is 1.31. The number of amides is 1. The molecule has 0 spiro atoms. The molecule has 0 aliphatic carbocycles. The number of benzene rings is 1. The normalized spacial score (nSPS) is 21.0. The lowest BCUT2D eigenvalue weighted by Crippen LogP contribution is -2.19. The number of rotatable bonds is 1. The first kappa shape index (κ1) is 9.80. The Morgan fingerprint density at radius 3 is 2.93 bits per heavy atom. The van der Waals surface area contributed by atoms with Crippen LogP contribution in [0.1, 0.15) is 10.9 Å². The Bertz CT molecular complexity index is 365. The topological polar surface area (TPSA) is 29.1 Å². The van der Waals surface area contributed by atoms with Crippen LogP contribution in [-0.4, -0.2) is 11.7 Å². The lowest BCUT2D eigenvalue weighted by atomic mass is 10.2. The van der Waals surface area contributed by atoms with Crippen molar-refractivity contribution in [2.45, 2.75) is 5.37 Å². The Kier molecular flexibility index (Phi) is 2.65. The van der Waals surface area contributed by atoms with Crippen molar-refractivity contribution in [3.63, 3.8) is 0 Å². The summed E-state index contributed by atoms with van der Waals surface area (Å²) in [5.74, 6) is -0.105. The predicted molar refractivity (Wildman–Crippen MR) is 54.8 cm³/mol. The highest BCUT2D eigenvalue weighted by atomic mass is 35.5. The second-order valence-electron chi connectivity index (χ2n) is 2.89. The van der Waals surface area contributed by atoms with Gasteiger partial charge in [0.2, 0.25) is 5.91 Å². The van der Waals surface area contributed by atoms with Crippen molar-refractivity contribution in [1.29, 1.82) is 0 Å². The minimum Gasteiger partial charge on any atom is -0.339 e. The second-order valence-corrected chi connectivity index (χ2v) is 4.39. The fraction of sp³-hybridized carbons (Fsp3) is 0.222. The quantitative estimate of drug-likeness (QED) is 0.804. The van der Waals surface area contributed by atoms with Gasteiger partial charge in [-0.1, -0.05) is 17.7 Å². The van der Waals surface area contributed by atoms with E-state index >= 15 is 0 Å². The molecule has 1 atom stereocenters. The predicted octanol–water partition coefficient (Wildman–Crippen LogP) is 2.34. The van der Waals surface area contributed by atoms with Crippen LogP contribution in [0.5, 0.6) is 0 Å². The number of hydrogen-bond donors (Lipinski definition) is 1. The summed E-state index contributed by atoms with van der Waals surface area (Å²) in [5, 5.41) is 2.65. The average molecular weight is 232 g/mol. The fourth-order valence-corrected chi connectivity index (χ4v) is 2.66. The van der Waals surface area contributed by atoms with Gasteiger partial charge >= 0.3 is 0 Å². The first-order chi connectivity index (χ1) is 6.68. The van der Waals surface area contributed by atoms with Crippen molar-refractivity contribution in [3.05, 3.63) is 34.6 Å². The highest BCUT2D eigenvalue weighted by Gasteiger charge is 2.27. The molecular weight excluding hydrogens is 225 g/mol. The summed E-state index contributed by atoms with van der Waals surface area (Å²) >= 11 is 7.20. The first-order valence-electron chi connectivity index (χ1n) is 4.03. The molecule has 0 aromatic heterocycles. The van der Waals surface area contributed by atoms with Crippen LogP contribution in [0.15, 0.2) is 18.2 Å². The van der Waals surface area contributed by atoms with Gasteiger partial charge in [-0.2, -0.15) is 0 Å². The molecule has 1 saturated heterocycles. The maximum absolute atomic E-state index is 13.4. The van der Waals surface area contributed by atoms with Crippen LogP contribution < -0.4 is 5.32 Å². The largest absolute Gasteiger partial charge is 0.339 e. The molecule has 1 fully saturated rings. The van der Waals surface area contributed by atoms with Crippen LogP contribution in [-0.2, 0) is 4.79 Å². The minimum atomic E-state index is -0.378. The molecule has 0 saturated carbocycles. The van der Waals surface area contributed by atoms with Gasteiger partial charge in [0.15, 0.2) is 0 Å². The molecule has 2 nitrogen and oxygen atoms in total. The van der Waals surface area contributed by atoms with E-state index < -0.39 is 0 Å². The monoisotopic (exact) mass is 231 g/mol. The second kappa shape index (κ2) is 3.79. The summed E-state index contributed by atoms with van der Waals surface area (Å²) < 4.78 is 13.4. The summed E-state index contributed by atoms with van der Waals surface area (Å²) in [6.07, 6.45) is 0. The van der Waals surface area contributed by atoms with E-state index in [4.69, 9.17) is 11.6 Å². The molecule has 74 valence electrons. The lowest BCUT2D eigenvalue weighted by Gasteiger charge is -2.11. The Balaban J connectivity index is 2.36. The van der Waals surface area contributed by atoms with E-state index in [1.165, 1.54) is 17.8 Å². The maximum Gasteiger partial charge on any atom is 0.231 e. The zero-order valence-corrected chi connectivity index (χ0v) is 8.66. The van der Waals surface area contributed by atoms with Crippen LogP contribution >= 0.6 is 23.4 Å². The van der Waals surface area contributed by atoms with Gasteiger partial charge in [-0.3, -0.25) is 4.79 Å². The van der Waals surface area contributed by atoms with Crippen molar-refractivity contribution in [2.75, 3.05) is 5.75 Å². The number of thioether (sulfide) groups is 1. The molecule has 14 heavy (non-hydrogen) atoms. The van der Waals surface area contributed by atoms with Crippen LogP contribution in [0.3, 0.4) is 0 Å². The number of carbonyl (C=O) groups excluding carboxylic acids is 1. The first-order valence-corrected chi connectivity index (χ1v) is 5.46. The third-order valence-electron chi connectivity index (χ3n) is 1.94. The molecule has 1 aromatic rings. The van der Waals surface area contributed by atoms with Crippen molar-refractivity contribution in [1.82, 2.24) is 5.32 Å². The van der Waals surface area contributed by atoms with E-state index in [0.29, 0.717) is 16.3 Å². The zero-order valence-electron chi connectivity index (χ0n) is 7.09. The number of carbonyl (C=O) groups is 1. The molecule has 2 rings (SSSR count). The van der Waals surface area contributed by atoms with Crippen LogP contribution in [0.25, 0.3) is 0 Å². The van der Waals surface area contributed by atoms with E-state index in [9.17, 15) is 9.18 Å². The average Bonchev–Trinajstić information content (AvgIpc) is 2.51. The Morgan fingerprint density at radius 1 is 1.57 bits per heavy atom. The van der Waals surface area contributed by atoms with E-state index in [-0.39, 0.29) is 17.1 Å². The lowest BCUT2D eigenvalue weighted by molar-refractivity contribution is -0.118. The Labute approximate surface area is 89.8 Å². The molecule has 5 heteroatoms. The maximum atomic E-state index is 13.4. The smallest absolute Gasteiger partial charge is 0.231 e. The van der Waals surface area contributed by atoms with E-state index in [1.54, 1.807) is 12.1 Å². The number of halogens is 2. The van der Waals surface area contributed by atoms with Crippen LogP contribution in [0.2, 0.25) is 5.02 Å². The Morgan fingerprint density at radius 2 is 2.36 bits per heavy atom. The number of hydrogen-bond acceptors (Lipinski definition) is 2. The molecule has 1 amide bonds. The summed E-state index contributed by atoms with van der Waals surface area (Å²) in [6, 6.07) is 4.50. The molecule has 1 aromatic carbocycles. The van der Waals surface area contributed by atoms with Gasteiger partial charge in [-0.05, 0) is 12.1 Å². The van der Waals surface area contributed by atoms with E-state index in [0.717, 1.165) is 0 Å². The molecule has 1 heterocycles. The molecule has 1 aliphatic heterocycles. The SMILES string of the molecule is O=C1CSC(c2c(F)cccc2Cl)N1. The van der Waals surface area contributed by atoms with E-state index in [2.05, 4.69) is 5.32 Å². The third-order valence-corrected chi connectivity index (χ3v) is 3.38. The summed E-state index contributed by atoms with van der Waals surface area (Å²) in [6.45, 7) is 0. The van der Waals surface area contributed by atoms with Crippen molar-refractivity contribution in [2.24, 2.45) is 0 Å². The highest BCUT2D eigenvalue weighted by molar-refractivity contribution is 8.00. The van der Waals surface area contributed by atoms with Crippen LogP contribution in [0.4, 0.5) is 4.39 Å². The van der Waals surface area contributed by atoms with Crippen molar-refractivity contribution in [3.8, 4) is 0 Å². The molecule has 0 radical (unpaired) electrons. The third kappa shape index (κ3) is 1.72. The van der Waals surface area contributed by atoms with E-state index in [1.807, 2.05) is 0 Å². The molecule has 0 bridgehead atoms. The van der Waals surface area contributed by atoms with Gasteiger partial charge in [-0.15, -0.1) is 11.8 Å². The van der Waals surface area contributed by atoms with Gasteiger partial charge in [0.05, 0.1) is 5.75 Å². The van der Waals surface area contributed by atoms with Crippen molar-refractivity contribution < 1.29 is 9.18 Å². The molecule has 1 aliphatic rings. The van der Waals surface area contributed by atoms with Crippen LogP contribution in [0, 0.1) is 5.82 Å². The standard InChI is InChI=1S/C9H7ClFNOS/c10-5-2-1-3-6(11)8(5)9-12-7(13)4-14-9/h1-3,9H,4H2,(H,12,13). The van der Waals surface area contributed by atoms with Gasteiger partial charge in [0.25, 0.3) is 0 Å². The van der Waals surface area contributed by atoms with Crippen molar-refractivity contribution >= 4 is 29.3 Å². The van der Waals surface area contributed by atoms with Gasteiger partial charge < -0.3 is 5.32 Å². The summed E-state index contributed by atoms with van der Waals surface area (Å²) in [7, 11) is 0. The van der Waals surface area contributed by atoms with Gasteiger partial charge in [0.1, 0.15) is 11.2 Å². The highest BCUT2D eigenvalue weighted by Crippen LogP contribution is 2.36. The summed E-state index contributed by atoms with van der Waals surface area (Å²) in [5.41, 5.74) is 0.366. The zero-order chi connectivity index (χ0) is 10.1.